The molecule has 1 aliphatic rings. The second-order valence-electron chi connectivity index (χ2n) is 4.63. The zero-order chi connectivity index (χ0) is 11.9. The molecule has 6 heteroatoms. The summed E-state index contributed by atoms with van der Waals surface area (Å²) in [7, 11) is -2.86. The molecule has 0 radical (unpaired) electrons. The Morgan fingerprint density at radius 2 is 2.25 bits per heavy atom. The van der Waals surface area contributed by atoms with Crippen LogP contribution >= 0.6 is 12.2 Å². The average Bonchev–Trinajstić information content (AvgIpc) is 2.69. The summed E-state index contributed by atoms with van der Waals surface area (Å²) in [6.07, 6.45) is 0.661. The monoisotopic (exact) mass is 260 g/mol. The van der Waals surface area contributed by atoms with Gasteiger partial charge in [0, 0.05) is 5.69 Å². The highest BCUT2D eigenvalue weighted by atomic mass is 32.2. The van der Waals surface area contributed by atoms with Crippen LogP contribution in [0.1, 0.15) is 37.9 Å². The Kier molecular flexibility index (Phi) is 2.96. The van der Waals surface area contributed by atoms with E-state index in [1.54, 1.807) is 0 Å². The lowest BCUT2D eigenvalue weighted by Crippen LogP contribution is -2.12. The van der Waals surface area contributed by atoms with E-state index in [4.69, 9.17) is 12.2 Å². The van der Waals surface area contributed by atoms with Crippen molar-refractivity contribution in [3.63, 3.8) is 0 Å². The van der Waals surface area contributed by atoms with Gasteiger partial charge in [-0.3, -0.25) is 4.68 Å². The molecular formula is C10H16N2O2S2. The van der Waals surface area contributed by atoms with Crippen LogP contribution in [0.15, 0.2) is 6.07 Å². The molecule has 1 N–H and O–H groups in total. The van der Waals surface area contributed by atoms with Crippen LogP contribution in [-0.2, 0) is 9.84 Å². The summed E-state index contributed by atoms with van der Waals surface area (Å²) in [6, 6.07) is 1.91. The molecule has 1 fully saturated rings. The second-order valence-corrected chi connectivity index (χ2v) is 7.28. The minimum atomic E-state index is -2.86. The Labute approximate surface area is 101 Å². The molecule has 1 unspecified atom stereocenters. The standard InChI is InChI=1S/C10H16N2O2S2/c1-7(2)9-5-10(15)12(11-9)8-3-4-16(13,14)6-8/h5,7-8,11H,3-4,6H2,1-2H3. The van der Waals surface area contributed by atoms with Crippen molar-refractivity contribution >= 4 is 22.1 Å². The molecule has 0 saturated carbocycles. The molecule has 0 bridgehead atoms. The van der Waals surface area contributed by atoms with E-state index in [-0.39, 0.29) is 17.5 Å². The topological polar surface area (TPSA) is 54.9 Å². The van der Waals surface area contributed by atoms with Crippen molar-refractivity contribution in [2.75, 3.05) is 11.5 Å². The molecule has 1 aliphatic heterocycles. The van der Waals surface area contributed by atoms with Crippen molar-refractivity contribution in [2.45, 2.75) is 32.2 Å². The fraction of sp³-hybridized carbons (Fsp3) is 0.700. The molecule has 0 aromatic carbocycles. The lowest BCUT2D eigenvalue weighted by molar-refractivity contribution is 0.487. The van der Waals surface area contributed by atoms with Gasteiger partial charge in [0.1, 0.15) is 4.64 Å². The normalized spacial score (nSPS) is 24.1. The lowest BCUT2D eigenvalue weighted by atomic mass is 10.1. The molecular weight excluding hydrogens is 244 g/mol. The molecule has 2 rings (SSSR count). The minimum Gasteiger partial charge on any atom is -0.301 e. The summed E-state index contributed by atoms with van der Waals surface area (Å²) in [5, 5.41) is 3.21. The fourth-order valence-electron chi connectivity index (χ4n) is 1.98. The summed E-state index contributed by atoms with van der Waals surface area (Å²) >= 11 is 5.24. The number of hydrogen-bond donors (Lipinski definition) is 1. The lowest BCUT2D eigenvalue weighted by Gasteiger charge is -2.10. The van der Waals surface area contributed by atoms with Crippen LogP contribution in [-0.4, -0.2) is 29.7 Å². The van der Waals surface area contributed by atoms with Crippen molar-refractivity contribution in [1.82, 2.24) is 9.78 Å². The molecule has 0 aliphatic carbocycles. The second kappa shape index (κ2) is 4.00. The van der Waals surface area contributed by atoms with Gasteiger partial charge in [-0.25, -0.2) is 8.42 Å². The van der Waals surface area contributed by atoms with Gasteiger partial charge in [0.05, 0.1) is 17.5 Å². The SMILES string of the molecule is CC(C)c1cc(=S)n(C2CCS(=O)(=O)C2)[nH]1. The van der Waals surface area contributed by atoms with Gasteiger partial charge in [0.2, 0.25) is 0 Å². The van der Waals surface area contributed by atoms with Gasteiger partial charge in [-0.05, 0) is 18.4 Å². The Bertz CT molecular complexity index is 539. The largest absolute Gasteiger partial charge is 0.301 e. The van der Waals surface area contributed by atoms with E-state index in [1.807, 2.05) is 10.7 Å². The first-order valence-corrected chi connectivity index (χ1v) is 7.64. The first-order valence-electron chi connectivity index (χ1n) is 5.41. The highest BCUT2D eigenvalue weighted by Crippen LogP contribution is 2.24. The van der Waals surface area contributed by atoms with Crippen LogP contribution in [0.3, 0.4) is 0 Å². The van der Waals surface area contributed by atoms with Crippen molar-refractivity contribution in [3.05, 3.63) is 16.4 Å². The van der Waals surface area contributed by atoms with Crippen LogP contribution in [0.4, 0.5) is 0 Å². The summed E-state index contributed by atoms with van der Waals surface area (Å²) in [5.41, 5.74) is 1.06. The third-order valence-corrected chi connectivity index (χ3v) is 5.03. The number of hydrogen-bond acceptors (Lipinski definition) is 3. The van der Waals surface area contributed by atoms with Gasteiger partial charge in [0.15, 0.2) is 9.84 Å². The maximum atomic E-state index is 11.4. The molecule has 0 spiro atoms. The summed E-state index contributed by atoms with van der Waals surface area (Å²) in [6.45, 7) is 4.16. The van der Waals surface area contributed by atoms with Gasteiger partial charge in [-0.15, -0.1) is 0 Å². The van der Waals surface area contributed by atoms with Crippen molar-refractivity contribution in [2.24, 2.45) is 0 Å². The Morgan fingerprint density at radius 3 is 2.69 bits per heavy atom. The Morgan fingerprint density at radius 1 is 1.56 bits per heavy atom. The van der Waals surface area contributed by atoms with Crippen LogP contribution in [0.2, 0.25) is 0 Å². The van der Waals surface area contributed by atoms with Crippen LogP contribution in [0.25, 0.3) is 0 Å². The van der Waals surface area contributed by atoms with Gasteiger partial charge in [-0.1, -0.05) is 26.1 Å². The molecule has 90 valence electrons. The predicted molar refractivity (Wildman–Crippen MR) is 66.0 cm³/mol. The number of H-pyrrole nitrogens is 1. The summed E-state index contributed by atoms with van der Waals surface area (Å²) < 4.78 is 25.3. The zero-order valence-corrected chi connectivity index (χ0v) is 11.1. The molecule has 1 aromatic heterocycles. The van der Waals surface area contributed by atoms with E-state index in [1.165, 1.54) is 0 Å². The minimum absolute atomic E-state index is 0.00926. The molecule has 0 amide bonds. The summed E-state index contributed by atoms with van der Waals surface area (Å²) in [5.74, 6) is 0.857. The third-order valence-electron chi connectivity index (χ3n) is 2.96. The average molecular weight is 260 g/mol. The van der Waals surface area contributed by atoms with Gasteiger partial charge < -0.3 is 5.10 Å². The molecule has 1 aromatic rings. The van der Waals surface area contributed by atoms with Crippen LogP contribution < -0.4 is 0 Å². The number of nitrogens with zero attached hydrogens (tertiary/aromatic N) is 1. The first kappa shape index (κ1) is 11.9. The van der Waals surface area contributed by atoms with E-state index in [0.717, 1.165) is 5.69 Å². The quantitative estimate of drug-likeness (QED) is 0.828. The van der Waals surface area contributed by atoms with E-state index in [2.05, 4.69) is 18.9 Å². The molecule has 1 atom stereocenters. The number of aromatic amines is 1. The number of sulfone groups is 1. The van der Waals surface area contributed by atoms with Gasteiger partial charge in [-0.2, -0.15) is 0 Å². The van der Waals surface area contributed by atoms with E-state index < -0.39 is 9.84 Å². The Balaban J connectivity index is 2.32. The van der Waals surface area contributed by atoms with E-state index in [0.29, 0.717) is 17.0 Å². The number of aromatic nitrogens is 2. The van der Waals surface area contributed by atoms with Crippen molar-refractivity contribution in [3.8, 4) is 0 Å². The molecule has 2 heterocycles. The Hall–Kier alpha value is -0.620. The first-order chi connectivity index (χ1) is 7.39. The number of rotatable bonds is 2. The zero-order valence-electron chi connectivity index (χ0n) is 9.43. The van der Waals surface area contributed by atoms with Crippen LogP contribution in [0, 0.1) is 4.64 Å². The maximum absolute atomic E-state index is 11.4. The van der Waals surface area contributed by atoms with Gasteiger partial charge in [0.25, 0.3) is 0 Å². The fourth-order valence-corrected chi connectivity index (χ4v) is 4.00. The molecule has 16 heavy (non-hydrogen) atoms. The highest BCUT2D eigenvalue weighted by molar-refractivity contribution is 7.91. The van der Waals surface area contributed by atoms with Crippen molar-refractivity contribution in [1.29, 1.82) is 0 Å². The smallest absolute Gasteiger partial charge is 0.152 e. The number of nitrogens with one attached hydrogen (secondary N) is 1. The van der Waals surface area contributed by atoms with Crippen LogP contribution in [0.5, 0.6) is 0 Å². The van der Waals surface area contributed by atoms with E-state index >= 15 is 0 Å². The summed E-state index contributed by atoms with van der Waals surface area (Å²) in [4.78, 5) is 0. The van der Waals surface area contributed by atoms with E-state index in [9.17, 15) is 8.42 Å². The highest BCUT2D eigenvalue weighted by Gasteiger charge is 2.29. The van der Waals surface area contributed by atoms with Gasteiger partial charge >= 0.3 is 0 Å². The molecule has 1 saturated heterocycles. The predicted octanol–water partition coefficient (Wildman–Crippen LogP) is 2.03. The maximum Gasteiger partial charge on any atom is 0.152 e. The van der Waals surface area contributed by atoms with Crippen molar-refractivity contribution < 1.29 is 8.42 Å². The third kappa shape index (κ3) is 2.22. The molecule has 4 nitrogen and oxygen atoms in total.